The van der Waals surface area contributed by atoms with Crippen LogP contribution in [0.5, 0.6) is 17.2 Å². The number of anilines is 1. The van der Waals surface area contributed by atoms with Crippen molar-refractivity contribution in [2.24, 2.45) is 0 Å². The van der Waals surface area contributed by atoms with Crippen LogP contribution in [0.3, 0.4) is 0 Å². The van der Waals surface area contributed by atoms with Crippen molar-refractivity contribution in [3.05, 3.63) is 108 Å². The van der Waals surface area contributed by atoms with Crippen molar-refractivity contribution < 1.29 is 61.6 Å². The number of allylic oxidation sites excluding steroid dienone is 1. The molecule has 15 heteroatoms. The van der Waals surface area contributed by atoms with Gasteiger partial charge < -0.3 is 62.2 Å². The second-order valence-corrected chi connectivity index (χ2v) is 15.2. The molecule has 0 radical (unpaired) electrons. The lowest BCUT2D eigenvalue weighted by Crippen LogP contribution is -2.17. The Hall–Kier alpha value is -5.90. The number of carbonyl (C=O) groups excluding carboxylic acids is 1. The van der Waals surface area contributed by atoms with Gasteiger partial charge in [-0.3, -0.25) is 4.79 Å². The summed E-state index contributed by atoms with van der Waals surface area (Å²) in [5.41, 5.74) is 2.92. The molecule has 0 fully saturated rings. The highest BCUT2D eigenvalue weighted by Crippen LogP contribution is 2.40. The van der Waals surface area contributed by atoms with Crippen molar-refractivity contribution in [3.63, 3.8) is 0 Å². The average molecular weight is 935 g/mol. The monoisotopic (exact) mass is 934 g/mol. The summed E-state index contributed by atoms with van der Waals surface area (Å²) in [5.74, 6) is 0.411. The molecule has 15 nitrogen and oxygen atoms in total. The van der Waals surface area contributed by atoms with Crippen LogP contribution >= 0.6 is 0 Å². The maximum Gasteiger partial charge on any atom is 0.255 e. The largest absolute Gasteiger partial charge is 0.487 e. The van der Waals surface area contributed by atoms with E-state index in [1.807, 2.05) is 18.2 Å². The molecular weight excluding hydrogens is 873 g/mol. The van der Waals surface area contributed by atoms with E-state index < -0.39 is 5.91 Å². The molecule has 6 aromatic carbocycles. The Morgan fingerprint density at radius 1 is 0.500 bits per heavy atom. The standard InChI is InChI=1S/C53H62N2O13/c1-57-17-20-60-23-26-63-29-32-66-48-36-44(37-49(67-33-30-64-27-24-61-21-18-58-2)52(48)68-34-31-65-28-25-62-22-19-59-3)53(56)55-46-14-11-39(12-15-46)45(38-54)35-43-10-9-42-8-7-40-5-4-6-41-13-16-47(43)51(42)50(40)41/h4-16,35-37H,17-34H2,1-3H3,(H,55,56)/b45-35+. The highest BCUT2D eigenvalue weighted by Gasteiger charge is 2.20. The van der Waals surface area contributed by atoms with E-state index in [-0.39, 0.29) is 62.5 Å². The summed E-state index contributed by atoms with van der Waals surface area (Å²) in [6, 6.07) is 31.8. The molecule has 0 heterocycles. The van der Waals surface area contributed by atoms with E-state index in [0.717, 1.165) is 16.3 Å². The number of hydrogen-bond acceptors (Lipinski definition) is 14. The number of carbonyl (C=O) groups is 1. The van der Waals surface area contributed by atoms with Gasteiger partial charge in [-0.2, -0.15) is 5.26 Å². The van der Waals surface area contributed by atoms with Crippen LogP contribution in [-0.2, 0) is 42.6 Å². The smallest absolute Gasteiger partial charge is 0.255 e. The third-order valence-corrected chi connectivity index (χ3v) is 10.6. The lowest BCUT2D eigenvalue weighted by Gasteiger charge is -2.19. The summed E-state index contributed by atoms with van der Waals surface area (Å²) < 4.78 is 67.4. The summed E-state index contributed by atoms with van der Waals surface area (Å²) in [4.78, 5) is 14.0. The minimum Gasteiger partial charge on any atom is -0.487 e. The van der Waals surface area contributed by atoms with E-state index >= 15 is 0 Å². The number of benzene rings is 6. The van der Waals surface area contributed by atoms with E-state index in [1.54, 1.807) is 45.6 Å². The van der Waals surface area contributed by atoms with Crippen LogP contribution in [0.15, 0.2) is 91.0 Å². The molecule has 1 amide bonds. The summed E-state index contributed by atoms with van der Waals surface area (Å²) in [6.07, 6.45) is 1.92. The van der Waals surface area contributed by atoms with E-state index in [9.17, 15) is 10.1 Å². The van der Waals surface area contributed by atoms with Crippen molar-refractivity contribution >= 4 is 55.6 Å². The zero-order chi connectivity index (χ0) is 47.6. The van der Waals surface area contributed by atoms with Crippen molar-refractivity contribution in [1.82, 2.24) is 0 Å². The number of nitriles is 1. The molecule has 1 N–H and O–H groups in total. The third kappa shape index (κ3) is 15.6. The Morgan fingerprint density at radius 3 is 1.44 bits per heavy atom. The van der Waals surface area contributed by atoms with Crippen LogP contribution in [0.1, 0.15) is 21.5 Å². The summed E-state index contributed by atoms with van der Waals surface area (Å²) in [6.45, 7) is 6.41. The first kappa shape index (κ1) is 51.5. The Balaban J connectivity index is 1.17. The van der Waals surface area contributed by atoms with E-state index in [2.05, 4.69) is 66.0 Å². The molecule has 0 unspecified atom stereocenters. The van der Waals surface area contributed by atoms with Crippen LogP contribution in [0.2, 0.25) is 0 Å². The van der Waals surface area contributed by atoms with Crippen LogP contribution in [0.25, 0.3) is 44.0 Å². The predicted molar refractivity (Wildman–Crippen MR) is 261 cm³/mol. The first-order valence-electron chi connectivity index (χ1n) is 22.7. The Bertz CT molecular complexity index is 2450. The highest BCUT2D eigenvalue weighted by molar-refractivity contribution is 6.24. The number of methoxy groups -OCH3 is 3. The average Bonchev–Trinajstić information content (AvgIpc) is 3.36. The van der Waals surface area contributed by atoms with Crippen LogP contribution in [0, 0.1) is 11.3 Å². The van der Waals surface area contributed by atoms with Gasteiger partial charge in [0, 0.05) is 32.6 Å². The normalized spacial score (nSPS) is 11.7. The van der Waals surface area contributed by atoms with Gasteiger partial charge >= 0.3 is 0 Å². The SMILES string of the molecule is COCCOCCOCCOc1cc(C(=O)Nc2ccc(/C(C#N)=C/c3ccc4ccc5cccc6ccc3c4c56)cc2)cc(OCCOCCOCCOC)c1OCCOCCOCCOC. The molecule has 0 aliphatic rings. The molecule has 0 atom stereocenters. The second kappa shape index (κ2) is 29.1. The molecule has 0 bridgehead atoms. The van der Waals surface area contributed by atoms with Gasteiger partial charge in [-0.05, 0) is 73.8 Å². The molecule has 362 valence electrons. The Kier molecular flexibility index (Phi) is 22.0. The van der Waals surface area contributed by atoms with Gasteiger partial charge in [0.1, 0.15) is 19.8 Å². The summed E-state index contributed by atoms with van der Waals surface area (Å²) in [7, 11) is 4.85. The number of hydrogen-bond donors (Lipinski definition) is 1. The fourth-order valence-electron chi connectivity index (χ4n) is 7.24. The molecular formula is C53H62N2O13. The summed E-state index contributed by atoms with van der Waals surface area (Å²) >= 11 is 0. The molecule has 0 aliphatic heterocycles. The lowest BCUT2D eigenvalue weighted by molar-refractivity contribution is 0.0146. The molecule has 0 spiro atoms. The van der Waals surface area contributed by atoms with Crippen molar-refractivity contribution in [1.29, 1.82) is 5.26 Å². The van der Waals surface area contributed by atoms with Crippen LogP contribution < -0.4 is 19.5 Å². The molecule has 0 saturated heterocycles. The van der Waals surface area contributed by atoms with E-state index in [0.29, 0.717) is 96.1 Å². The van der Waals surface area contributed by atoms with Crippen molar-refractivity contribution in [2.45, 2.75) is 0 Å². The Labute approximate surface area is 397 Å². The number of amides is 1. The first-order valence-corrected chi connectivity index (χ1v) is 22.7. The zero-order valence-corrected chi connectivity index (χ0v) is 39.2. The number of ether oxygens (including phenoxy) is 12. The number of nitrogens with zero attached hydrogens (tertiary/aromatic N) is 1. The van der Waals surface area contributed by atoms with Gasteiger partial charge in [0.05, 0.1) is 111 Å². The highest BCUT2D eigenvalue weighted by atomic mass is 16.6. The van der Waals surface area contributed by atoms with Gasteiger partial charge in [-0.15, -0.1) is 0 Å². The number of nitrogens with one attached hydrogen (secondary N) is 1. The van der Waals surface area contributed by atoms with Crippen LogP contribution in [-0.4, -0.2) is 146 Å². The second-order valence-electron chi connectivity index (χ2n) is 15.2. The molecule has 68 heavy (non-hydrogen) atoms. The lowest BCUT2D eigenvalue weighted by atomic mass is 9.91. The molecule has 0 aliphatic carbocycles. The van der Waals surface area contributed by atoms with Gasteiger partial charge in [-0.25, -0.2) is 0 Å². The minimum absolute atomic E-state index is 0.144. The topological polar surface area (TPSA) is 164 Å². The Morgan fingerprint density at radius 2 is 0.941 bits per heavy atom. The first-order chi connectivity index (χ1) is 33.5. The van der Waals surface area contributed by atoms with Gasteiger partial charge in [0.15, 0.2) is 11.5 Å². The van der Waals surface area contributed by atoms with Crippen molar-refractivity contribution in [2.75, 3.05) is 146 Å². The maximum atomic E-state index is 14.0. The van der Waals surface area contributed by atoms with Gasteiger partial charge in [0.25, 0.3) is 5.91 Å². The summed E-state index contributed by atoms with van der Waals surface area (Å²) in [5, 5.41) is 20.3. The van der Waals surface area contributed by atoms with Crippen LogP contribution in [0.4, 0.5) is 5.69 Å². The van der Waals surface area contributed by atoms with E-state index in [4.69, 9.17) is 56.8 Å². The maximum absolute atomic E-state index is 14.0. The molecule has 6 aromatic rings. The number of rotatable bonds is 34. The molecule has 0 aromatic heterocycles. The quantitative estimate of drug-likeness (QED) is 0.0179. The third-order valence-electron chi connectivity index (χ3n) is 10.6. The minimum atomic E-state index is -0.422. The van der Waals surface area contributed by atoms with Crippen molar-refractivity contribution in [3.8, 4) is 23.3 Å². The molecule has 0 saturated carbocycles. The zero-order valence-electron chi connectivity index (χ0n) is 39.2. The predicted octanol–water partition coefficient (Wildman–Crippen LogP) is 8.08. The van der Waals surface area contributed by atoms with Gasteiger partial charge in [-0.1, -0.05) is 66.7 Å². The fraction of sp³-hybridized carbons (Fsp3) is 0.396. The fourth-order valence-corrected chi connectivity index (χ4v) is 7.24. The molecule has 6 rings (SSSR count). The van der Waals surface area contributed by atoms with Gasteiger partial charge in [0.2, 0.25) is 5.75 Å². The van der Waals surface area contributed by atoms with E-state index in [1.165, 1.54) is 21.5 Å².